The normalized spacial score (nSPS) is 17.6. The van der Waals surface area contributed by atoms with Crippen molar-refractivity contribution in [2.45, 2.75) is 39.0 Å². The molecule has 0 saturated carbocycles. The standard InChI is InChI=1S/C13H25N3/c1-2-10-16(11-4-3-7-14)12-13-5-8-15-9-6-13/h13,15H,2-6,8-12H2,1H3. The van der Waals surface area contributed by atoms with Gasteiger partial charge in [-0.3, -0.25) is 0 Å². The lowest BCUT2D eigenvalue weighted by atomic mass is 9.97. The van der Waals surface area contributed by atoms with Crippen LogP contribution in [0.1, 0.15) is 39.0 Å². The summed E-state index contributed by atoms with van der Waals surface area (Å²) in [6, 6.07) is 2.23. The van der Waals surface area contributed by atoms with E-state index in [0.717, 1.165) is 18.9 Å². The van der Waals surface area contributed by atoms with E-state index >= 15 is 0 Å². The van der Waals surface area contributed by atoms with E-state index in [4.69, 9.17) is 5.26 Å². The van der Waals surface area contributed by atoms with Crippen LogP contribution in [0.2, 0.25) is 0 Å². The van der Waals surface area contributed by atoms with Gasteiger partial charge in [-0.2, -0.15) is 5.26 Å². The summed E-state index contributed by atoms with van der Waals surface area (Å²) >= 11 is 0. The highest BCUT2D eigenvalue weighted by Crippen LogP contribution is 2.14. The van der Waals surface area contributed by atoms with E-state index in [2.05, 4.69) is 23.2 Å². The second kappa shape index (κ2) is 8.55. The first-order valence-electron chi connectivity index (χ1n) is 6.66. The molecule has 0 aliphatic carbocycles. The van der Waals surface area contributed by atoms with Crippen molar-refractivity contribution in [3.05, 3.63) is 0 Å². The van der Waals surface area contributed by atoms with Gasteiger partial charge in [0.1, 0.15) is 0 Å². The van der Waals surface area contributed by atoms with E-state index < -0.39 is 0 Å². The fraction of sp³-hybridized carbons (Fsp3) is 0.923. The van der Waals surface area contributed by atoms with Crippen LogP contribution >= 0.6 is 0 Å². The summed E-state index contributed by atoms with van der Waals surface area (Å²) < 4.78 is 0. The number of unbranched alkanes of at least 4 members (excludes halogenated alkanes) is 1. The van der Waals surface area contributed by atoms with Gasteiger partial charge in [0.25, 0.3) is 0 Å². The number of hydrogen-bond acceptors (Lipinski definition) is 3. The summed E-state index contributed by atoms with van der Waals surface area (Å²) in [5.41, 5.74) is 0. The Morgan fingerprint density at radius 1 is 1.31 bits per heavy atom. The van der Waals surface area contributed by atoms with Crippen LogP contribution in [0.4, 0.5) is 0 Å². The van der Waals surface area contributed by atoms with E-state index in [1.807, 2.05) is 0 Å². The molecule has 0 aromatic rings. The van der Waals surface area contributed by atoms with E-state index in [1.165, 1.54) is 45.4 Å². The van der Waals surface area contributed by atoms with Gasteiger partial charge >= 0.3 is 0 Å². The second-order valence-electron chi connectivity index (χ2n) is 4.76. The van der Waals surface area contributed by atoms with Gasteiger partial charge in [-0.05, 0) is 57.8 Å². The Morgan fingerprint density at radius 3 is 2.69 bits per heavy atom. The molecule has 0 bridgehead atoms. The van der Waals surface area contributed by atoms with Crippen molar-refractivity contribution in [2.24, 2.45) is 5.92 Å². The molecule has 1 aliphatic heterocycles. The first-order chi connectivity index (χ1) is 7.86. The van der Waals surface area contributed by atoms with E-state index in [-0.39, 0.29) is 0 Å². The van der Waals surface area contributed by atoms with Crippen LogP contribution in [0.15, 0.2) is 0 Å². The molecule has 0 amide bonds. The van der Waals surface area contributed by atoms with Gasteiger partial charge in [0.2, 0.25) is 0 Å². The Hall–Kier alpha value is -0.590. The maximum Gasteiger partial charge on any atom is 0.0622 e. The zero-order valence-electron chi connectivity index (χ0n) is 10.5. The predicted molar refractivity (Wildman–Crippen MR) is 67.2 cm³/mol. The number of rotatable bonds is 7. The SMILES string of the molecule is CCCN(CCCC#N)CC1CCNCC1. The molecular formula is C13H25N3. The first-order valence-corrected chi connectivity index (χ1v) is 6.66. The minimum absolute atomic E-state index is 0.701. The van der Waals surface area contributed by atoms with E-state index in [1.54, 1.807) is 0 Å². The van der Waals surface area contributed by atoms with Crippen LogP contribution in [0.5, 0.6) is 0 Å². The Balaban J connectivity index is 2.22. The molecule has 0 radical (unpaired) electrons. The lowest BCUT2D eigenvalue weighted by molar-refractivity contribution is 0.204. The van der Waals surface area contributed by atoms with Gasteiger partial charge in [-0.25, -0.2) is 0 Å². The smallest absolute Gasteiger partial charge is 0.0622 e. The van der Waals surface area contributed by atoms with Crippen LogP contribution in [0, 0.1) is 17.2 Å². The third-order valence-electron chi connectivity index (χ3n) is 3.28. The van der Waals surface area contributed by atoms with Gasteiger partial charge in [-0.15, -0.1) is 0 Å². The molecule has 92 valence electrons. The zero-order chi connectivity index (χ0) is 11.6. The van der Waals surface area contributed by atoms with Crippen molar-refractivity contribution in [2.75, 3.05) is 32.7 Å². The topological polar surface area (TPSA) is 39.1 Å². The highest BCUT2D eigenvalue weighted by atomic mass is 15.1. The van der Waals surface area contributed by atoms with E-state index in [9.17, 15) is 0 Å². The highest BCUT2D eigenvalue weighted by molar-refractivity contribution is 4.74. The van der Waals surface area contributed by atoms with Crippen molar-refractivity contribution in [3.63, 3.8) is 0 Å². The zero-order valence-corrected chi connectivity index (χ0v) is 10.5. The molecular weight excluding hydrogens is 198 g/mol. The van der Waals surface area contributed by atoms with Gasteiger partial charge in [0.15, 0.2) is 0 Å². The van der Waals surface area contributed by atoms with Gasteiger partial charge < -0.3 is 10.2 Å². The van der Waals surface area contributed by atoms with E-state index in [0.29, 0.717) is 6.42 Å². The molecule has 3 nitrogen and oxygen atoms in total. The van der Waals surface area contributed by atoms with Gasteiger partial charge in [0.05, 0.1) is 6.07 Å². The molecule has 1 aliphatic rings. The quantitative estimate of drug-likeness (QED) is 0.671. The summed E-state index contributed by atoms with van der Waals surface area (Å²) in [5, 5.41) is 12.0. The fourth-order valence-corrected chi connectivity index (χ4v) is 2.42. The Labute approximate surface area is 99.8 Å². The van der Waals surface area contributed by atoms with Crippen molar-refractivity contribution in [3.8, 4) is 6.07 Å². The third kappa shape index (κ3) is 5.48. The molecule has 0 unspecified atom stereocenters. The molecule has 1 N–H and O–H groups in total. The van der Waals surface area contributed by atoms with Crippen molar-refractivity contribution >= 4 is 0 Å². The Bertz CT molecular complexity index is 204. The van der Waals surface area contributed by atoms with Crippen LogP contribution in [-0.4, -0.2) is 37.6 Å². The molecule has 0 spiro atoms. The Morgan fingerprint density at radius 2 is 2.06 bits per heavy atom. The third-order valence-corrected chi connectivity index (χ3v) is 3.28. The Kier molecular flexibility index (Phi) is 7.20. The van der Waals surface area contributed by atoms with Gasteiger partial charge in [0, 0.05) is 13.0 Å². The number of nitrogens with one attached hydrogen (secondary N) is 1. The predicted octanol–water partition coefficient (Wildman–Crippen LogP) is 2.00. The summed E-state index contributed by atoms with van der Waals surface area (Å²) in [4.78, 5) is 2.55. The fourth-order valence-electron chi connectivity index (χ4n) is 2.42. The molecule has 1 saturated heterocycles. The number of piperidine rings is 1. The lowest BCUT2D eigenvalue weighted by Gasteiger charge is -2.29. The minimum atomic E-state index is 0.701. The molecule has 1 rings (SSSR count). The highest BCUT2D eigenvalue weighted by Gasteiger charge is 2.16. The lowest BCUT2D eigenvalue weighted by Crippen LogP contribution is -2.37. The molecule has 1 fully saturated rings. The average Bonchev–Trinajstić information content (AvgIpc) is 2.31. The van der Waals surface area contributed by atoms with Crippen LogP contribution in [0.3, 0.4) is 0 Å². The number of nitriles is 1. The van der Waals surface area contributed by atoms with Crippen LogP contribution in [-0.2, 0) is 0 Å². The molecule has 0 aromatic carbocycles. The molecule has 0 aromatic heterocycles. The average molecular weight is 223 g/mol. The number of hydrogen-bond donors (Lipinski definition) is 1. The van der Waals surface area contributed by atoms with Crippen molar-refractivity contribution in [1.82, 2.24) is 10.2 Å². The molecule has 0 atom stereocenters. The summed E-state index contributed by atoms with van der Waals surface area (Å²) in [5.74, 6) is 0.870. The summed E-state index contributed by atoms with van der Waals surface area (Å²) in [6.45, 7) is 8.13. The summed E-state index contributed by atoms with van der Waals surface area (Å²) in [7, 11) is 0. The summed E-state index contributed by atoms with van der Waals surface area (Å²) in [6.07, 6.45) is 5.59. The van der Waals surface area contributed by atoms with Crippen molar-refractivity contribution < 1.29 is 0 Å². The molecule has 16 heavy (non-hydrogen) atoms. The van der Waals surface area contributed by atoms with Crippen molar-refractivity contribution in [1.29, 1.82) is 5.26 Å². The molecule has 1 heterocycles. The number of nitrogens with zero attached hydrogens (tertiary/aromatic N) is 2. The minimum Gasteiger partial charge on any atom is -0.317 e. The molecule has 3 heteroatoms. The van der Waals surface area contributed by atoms with Gasteiger partial charge in [-0.1, -0.05) is 6.92 Å². The maximum atomic E-state index is 8.55. The van der Waals surface area contributed by atoms with Crippen LogP contribution < -0.4 is 5.32 Å². The van der Waals surface area contributed by atoms with Crippen LogP contribution in [0.25, 0.3) is 0 Å². The second-order valence-corrected chi connectivity index (χ2v) is 4.76. The monoisotopic (exact) mass is 223 g/mol. The first kappa shape index (κ1) is 13.5. The maximum absolute atomic E-state index is 8.55. The largest absolute Gasteiger partial charge is 0.317 e.